The van der Waals surface area contributed by atoms with Gasteiger partial charge in [-0.25, -0.2) is 0 Å². The van der Waals surface area contributed by atoms with Crippen molar-refractivity contribution in [2.75, 3.05) is 5.32 Å². The van der Waals surface area contributed by atoms with E-state index in [0.717, 1.165) is 23.4 Å². The van der Waals surface area contributed by atoms with Gasteiger partial charge in [-0.05, 0) is 56.9 Å². The minimum atomic E-state index is -0.190. The van der Waals surface area contributed by atoms with Gasteiger partial charge in [0.05, 0.1) is 5.54 Å². The first-order chi connectivity index (χ1) is 13.1. The zero-order chi connectivity index (χ0) is 20.9. The van der Waals surface area contributed by atoms with Crippen molar-refractivity contribution < 1.29 is 9.59 Å². The second-order valence-electron chi connectivity index (χ2n) is 8.37. The molecule has 0 aliphatic rings. The highest BCUT2D eigenvalue weighted by molar-refractivity contribution is 5.92. The number of anilines is 1. The summed E-state index contributed by atoms with van der Waals surface area (Å²) >= 11 is 0. The number of carbonyl (C=O) groups is 2. The summed E-state index contributed by atoms with van der Waals surface area (Å²) in [6.45, 7) is 12.8. The Morgan fingerprint density at radius 1 is 1.14 bits per heavy atom. The predicted molar refractivity (Wildman–Crippen MR) is 112 cm³/mol. The van der Waals surface area contributed by atoms with Crippen molar-refractivity contribution in [2.45, 2.75) is 72.4 Å². The normalized spacial score (nSPS) is 11.5. The average molecular weight is 385 g/mol. The molecule has 152 valence electrons. The lowest BCUT2D eigenvalue weighted by atomic mass is 10.1. The van der Waals surface area contributed by atoms with E-state index in [1.807, 2.05) is 41.9 Å². The number of nitrogens with one attached hydrogen (secondary N) is 2. The van der Waals surface area contributed by atoms with Crippen LogP contribution in [0.4, 0.5) is 5.69 Å². The van der Waals surface area contributed by atoms with E-state index in [2.05, 4.69) is 50.4 Å². The third kappa shape index (κ3) is 5.68. The van der Waals surface area contributed by atoms with E-state index >= 15 is 0 Å². The quantitative estimate of drug-likeness (QED) is 0.741. The Kier molecular flexibility index (Phi) is 7.00. The highest BCUT2D eigenvalue weighted by Crippen LogP contribution is 2.23. The van der Waals surface area contributed by atoms with E-state index in [0.29, 0.717) is 18.7 Å². The Morgan fingerprint density at radius 3 is 2.29 bits per heavy atom. The lowest BCUT2D eigenvalue weighted by Crippen LogP contribution is -2.27. The Balaban J connectivity index is 2.01. The van der Waals surface area contributed by atoms with Crippen LogP contribution in [0.5, 0.6) is 0 Å². The summed E-state index contributed by atoms with van der Waals surface area (Å²) in [7, 11) is 0. The van der Waals surface area contributed by atoms with Crippen LogP contribution in [0.3, 0.4) is 0 Å². The fraction of sp³-hybridized carbons (Fsp3) is 0.500. The summed E-state index contributed by atoms with van der Waals surface area (Å²) in [6.07, 6.45) is 1.33. The molecule has 0 radical (unpaired) electrons. The van der Waals surface area contributed by atoms with Crippen molar-refractivity contribution in [3.8, 4) is 0 Å². The minimum absolute atomic E-state index is 0.0129. The zero-order valence-corrected chi connectivity index (χ0v) is 17.8. The SMILES string of the molecule is CCCC(=O)Nc1ccc(CNC(=O)c2cc(C(C)C)n(C(C)(C)C)n2)cc1. The Hall–Kier alpha value is -2.63. The maximum absolute atomic E-state index is 12.6. The number of hydrogen-bond donors (Lipinski definition) is 2. The van der Waals surface area contributed by atoms with Gasteiger partial charge in [0.2, 0.25) is 5.91 Å². The van der Waals surface area contributed by atoms with Gasteiger partial charge in [0.25, 0.3) is 5.91 Å². The topological polar surface area (TPSA) is 76.0 Å². The van der Waals surface area contributed by atoms with E-state index in [-0.39, 0.29) is 23.3 Å². The Morgan fingerprint density at radius 2 is 1.79 bits per heavy atom. The molecule has 0 aliphatic heterocycles. The number of carbonyl (C=O) groups excluding carboxylic acids is 2. The highest BCUT2D eigenvalue weighted by atomic mass is 16.2. The molecular formula is C22H32N4O2. The van der Waals surface area contributed by atoms with Crippen molar-refractivity contribution >= 4 is 17.5 Å². The zero-order valence-electron chi connectivity index (χ0n) is 17.8. The van der Waals surface area contributed by atoms with Crippen LogP contribution in [0.15, 0.2) is 30.3 Å². The number of benzene rings is 1. The van der Waals surface area contributed by atoms with Crippen LogP contribution < -0.4 is 10.6 Å². The number of hydrogen-bond acceptors (Lipinski definition) is 3. The van der Waals surface area contributed by atoms with Crippen LogP contribution in [0.2, 0.25) is 0 Å². The molecule has 1 heterocycles. The molecule has 2 aromatic rings. The molecule has 0 saturated carbocycles. The number of aromatic nitrogens is 2. The van der Waals surface area contributed by atoms with Crippen molar-refractivity contribution in [1.82, 2.24) is 15.1 Å². The fourth-order valence-corrected chi connectivity index (χ4v) is 2.88. The molecule has 0 fully saturated rings. The molecule has 0 aliphatic carbocycles. The van der Waals surface area contributed by atoms with Gasteiger partial charge in [-0.2, -0.15) is 5.10 Å². The van der Waals surface area contributed by atoms with Gasteiger partial charge in [0, 0.05) is 24.3 Å². The first-order valence-corrected chi connectivity index (χ1v) is 9.89. The number of rotatable bonds is 7. The van der Waals surface area contributed by atoms with Crippen molar-refractivity contribution in [3.63, 3.8) is 0 Å². The third-order valence-electron chi connectivity index (χ3n) is 4.36. The summed E-state index contributed by atoms with van der Waals surface area (Å²) in [6, 6.07) is 9.36. The molecule has 2 amide bonds. The molecule has 0 spiro atoms. The van der Waals surface area contributed by atoms with Crippen LogP contribution in [0.25, 0.3) is 0 Å². The molecule has 1 aromatic heterocycles. The summed E-state index contributed by atoms with van der Waals surface area (Å²) < 4.78 is 1.93. The van der Waals surface area contributed by atoms with Gasteiger partial charge in [0.1, 0.15) is 5.69 Å². The first-order valence-electron chi connectivity index (χ1n) is 9.89. The highest BCUT2D eigenvalue weighted by Gasteiger charge is 2.23. The van der Waals surface area contributed by atoms with Gasteiger partial charge in [-0.3, -0.25) is 14.3 Å². The maximum atomic E-state index is 12.6. The molecule has 28 heavy (non-hydrogen) atoms. The van der Waals surface area contributed by atoms with Crippen LogP contribution in [-0.2, 0) is 16.9 Å². The largest absolute Gasteiger partial charge is 0.347 e. The molecule has 0 unspecified atom stereocenters. The Labute approximate surface area is 167 Å². The maximum Gasteiger partial charge on any atom is 0.272 e. The second-order valence-corrected chi connectivity index (χ2v) is 8.37. The summed E-state index contributed by atoms with van der Waals surface area (Å²) in [5.74, 6) is 0.105. The second kappa shape index (κ2) is 9.04. The lowest BCUT2D eigenvalue weighted by molar-refractivity contribution is -0.116. The fourth-order valence-electron chi connectivity index (χ4n) is 2.88. The smallest absolute Gasteiger partial charge is 0.272 e. The molecule has 0 atom stereocenters. The standard InChI is InChI=1S/C22H32N4O2/c1-7-8-20(27)24-17-11-9-16(10-12-17)14-23-21(28)18-13-19(15(2)3)26(25-18)22(4,5)6/h9-13,15H,7-8,14H2,1-6H3,(H,23,28)(H,24,27). The average Bonchev–Trinajstić information content (AvgIpc) is 3.07. The van der Waals surface area contributed by atoms with Crippen molar-refractivity contribution in [3.05, 3.63) is 47.3 Å². The molecule has 2 rings (SSSR count). The number of nitrogens with zero attached hydrogens (tertiary/aromatic N) is 2. The van der Waals surface area contributed by atoms with E-state index in [9.17, 15) is 9.59 Å². The van der Waals surface area contributed by atoms with Gasteiger partial charge in [0.15, 0.2) is 0 Å². The molecule has 1 aromatic carbocycles. The van der Waals surface area contributed by atoms with E-state index in [4.69, 9.17) is 0 Å². The Bertz CT molecular complexity index is 814. The van der Waals surface area contributed by atoms with Gasteiger partial charge in [-0.15, -0.1) is 0 Å². The van der Waals surface area contributed by atoms with Crippen molar-refractivity contribution in [2.24, 2.45) is 0 Å². The lowest BCUT2D eigenvalue weighted by Gasteiger charge is -2.23. The molecular weight excluding hydrogens is 352 g/mol. The molecule has 2 N–H and O–H groups in total. The number of amides is 2. The van der Waals surface area contributed by atoms with Gasteiger partial charge in [-0.1, -0.05) is 32.9 Å². The molecule has 6 heteroatoms. The summed E-state index contributed by atoms with van der Waals surface area (Å²) in [4.78, 5) is 24.2. The van der Waals surface area contributed by atoms with Crippen LogP contribution in [0, 0.1) is 0 Å². The van der Waals surface area contributed by atoms with E-state index in [1.54, 1.807) is 0 Å². The van der Waals surface area contributed by atoms with E-state index in [1.165, 1.54) is 0 Å². The van der Waals surface area contributed by atoms with Crippen LogP contribution in [0.1, 0.15) is 82.0 Å². The first kappa shape index (κ1) is 21.7. The summed E-state index contributed by atoms with van der Waals surface area (Å²) in [5.41, 5.74) is 3.02. The minimum Gasteiger partial charge on any atom is -0.347 e. The van der Waals surface area contributed by atoms with E-state index < -0.39 is 0 Å². The van der Waals surface area contributed by atoms with Crippen LogP contribution in [-0.4, -0.2) is 21.6 Å². The van der Waals surface area contributed by atoms with Gasteiger partial charge >= 0.3 is 0 Å². The molecule has 0 saturated heterocycles. The predicted octanol–water partition coefficient (Wildman–Crippen LogP) is 4.43. The van der Waals surface area contributed by atoms with Gasteiger partial charge < -0.3 is 10.6 Å². The van der Waals surface area contributed by atoms with Crippen molar-refractivity contribution in [1.29, 1.82) is 0 Å². The van der Waals surface area contributed by atoms with Crippen LogP contribution >= 0.6 is 0 Å². The summed E-state index contributed by atoms with van der Waals surface area (Å²) in [5, 5.41) is 10.3. The third-order valence-corrected chi connectivity index (χ3v) is 4.36. The molecule has 0 bridgehead atoms. The monoisotopic (exact) mass is 384 g/mol. The molecule has 6 nitrogen and oxygen atoms in total.